The second-order valence-electron chi connectivity index (χ2n) is 5.15. The Labute approximate surface area is 126 Å². The van der Waals surface area contributed by atoms with E-state index in [4.69, 9.17) is 0 Å². The first-order valence-electron chi connectivity index (χ1n) is 8.33. The summed E-state index contributed by atoms with van der Waals surface area (Å²) in [6.07, 6.45) is 13.5. The van der Waals surface area contributed by atoms with Crippen LogP contribution in [0.5, 0.6) is 0 Å². The Morgan fingerprint density at radius 1 is 0.750 bits per heavy atom. The summed E-state index contributed by atoms with van der Waals surface area (Å²) in [6, 6.07) is 0. The zero-order valence-electron chi connectivity index (χ0n) is 14.0. The number of Topliss-reactive ketones (excluding diaryl/α,β-unsaturated/α-hetero) is 1. The number of carbonyl (C=O) groups excluding carboxylic acids is 2. The summed E-state index contributed by atoms with van der Waals surface area (Å²) in [6.45, 7) is 8.34. The molecule has 2 heteroatoms. The fourth-order valence-corrected chi connectivity index (χ4v) is 1.69. The molecule has 20 heavy (non-hydrogen) atoms. The molecule has 0 aliphatic carbocycles. The van der Waals surface area contributed by atoms with E-state index in [-0.39, 0.29) is 5.78 Å². The van der Waals surface area contributed by atoms with Gasteiger partial charge in [0, 0.05) is 19.3 Å². The Hall–Kier alpha value is -0.920. The minimum atomic E-state index is 0.260. The van der Waals surface area contributed by atoms with Crippen LogP contribution in [0.3, 0.4) is 0 Å². The number of ketones is 2. The van der Waals surface area contributed by atoms with E-state index in [1.165, 1.54) is 12.8 Å². The second kappa shape index (κ2) is 18.1. The van der Waals surface area contributed by atoms with E-state index < -0.39 is 0 Å². The van der Waals surface area contributed by atoms with Gasteiger partial charge < -0.3 is 0 Å². The molecule has 0 aliphatic rings. The molecule has 0 N–H and O–H groups in total. The summed E-state index contributed by atoms with van der Waals surface area (Å²) in [5.74, 6) is 0.701. The zero-order valence-corrected chi connectivity index (χ0v) is 14.0. The molecular formula is C18H34O2. The highest BCUT2D eigenvalue weighted by atomic mass is 16.1. The molecule has 0 fully saturated rings. The number of hydrogen-bond acceptors (Lipinski definition) is 2. The van der Waals surface area contributed by atoms with Crippen LogP contribution in [0.15, 0.2) is 12.2 Å². The van der Waals surface area contributed by atoms with E-state index >= 15 is 0 Å². The Bertz CT molecular complexity index is 254. The number of hydrogen-bond donors (Lipinski definition) is 0. The van der Waals surface area contributed by atoms with Crippen LogP contribution in [0.2, 0.25) is 0 Å². The number of unbranched alkanes of at least 4 members (excludes halogenated alkanes) is 3. The molecule has 0 amide bonds. The maximum atomic E-state index is 10.9. The highest BCUT2D eigenvalue weighted by Gasteiger charge is 1.97. The first kappa shape index (κ1) is 21.4. The smallest absolute Gasteiger partial charge is 0.155 e. The minimum Gasteiger partial charge on any atom is -0.300 e. The van der Waals surface area contributed by atoms with Crippen molar-refractivity contribution in [2.75, 3.05) is 0 Å². The standard InChI is InChI=1S/C9H18O.C9H16O/c2*1-3-5-6-8-9(10)7-4-2/h3-8H2,1-2H3;6,8H,3-5,7H2,1-2H3/b;8-6+. The van der Waals surface area contributed by atoms with Gasteiger partial charge in [0.25, 0.3) is 0 Å². The summed E-state index contributed by atoms with van der Waals surface area (Å²) in [5, 5.41) is 0. The minimum absolute atomic E-state index is 0.260. The number of allylic oxidation sites excluding steroid dienone is 2. The Kier molecular flexibility index (Phi) is 19.3. The third kappa shape index (κ3) is 19.4. The summed E-state index contributed by atoms with van der Waals surface area (Å²) in [4.78, 5) is 21.7. The van der Waals surface area contributed by atoms with E-state index in [9.17, 15) is 9.59 Å². The number of rotatable bonds is 11. The van der Waals surface area contributed by atoms with Crippen molar-refractivity contribution in [3.05, 3.63) is 12.2 Å². The molecule has 0 unspecified atom stereocenters. The quantitative estimate of drug-likeness (QED) is 0.362. The van der Waals surface area contributed by atoms with Crippen molar-refractivity contribution < 1.29 is 9.59 Å². The van der Waals surface area contributed by atoms with Gasteiger partial charge in [-0.05, 0) is 31.8 Å². The highest BCUT2D eigenvalue weighted by Crippen LogP contribution is 2.02. The van der Waals surface area contributed by atoms with Crippen LogP contribution in [0.1, 0.15) is 91.9 Å². The van der Waals surface area contributed by atoms with Gasteiger partial charge in [-0.3, -0.25) is 9.59 Å². The molecule has 0 saturated heterocycles. The third-order valence-corrected chi connectivity index (χ3v) is 2.84. The maximum absolute atomic E-state index is 10.9. The largest absolute Gasteiger partial charge is 0.300 e. The van der Waals surface area contributed by atoms with Crippen molar-refractivity contribution in [1.29, 1.82) is 0 Å². The summed E-state index contributed by atoms with van der Waals surface area (Å²) in [7, 11) is 0. The molecular weight excluding hydrogens is 248 g/mol. The van der Waals surface area contributed by atoms with Crippen LogP contribution < -0.4 is 0 Å². The van der Waals surface area contributed by atoms with Crippen LogP contribution >= 0.6 is 0 Å². The lowest BCUT2D eigenvalue weighted by molar-refractivity contribution is -0.119. The van der Waals surface area contributed by atoms with Gasteiger partial charge in [0.15, 0.2) is 5.78 Å². The maximum Gasteiger partial charge on any atom is 0.155 e. The molecule has 0 saturated carbocycles. The summed E-state index contributed by atoms with van der Waals surface area (Å²) >= 11 is 0. The molecule has 0 spiro atoms. The molecule has 118 valence electrons. The molecule has 0 bridgehead atoms. The predicted molar refractivity (Wildman–Crippen MR) is 88.0 cm³/mol. The molecule has 0 aromatic carbocycles. The molecule has 0 aliphatic heterocycles. The van der Waals surface area contributed by atoms with Crippen molar-refractivity contribution in [2.45, 2.75) is 91.9 Å². The molecule has 0 rings (SSSR count). The summed E-state index contributed by atoms with van der Waals surface area (Å²) < 4.78 is 0. The van der Waals surface area contributed by atoms with E-state index in [2.05, 4.69) is 20.8 Å². The average molecular weight is 282 g/mol. The van der Waals surface area contributed by atoms with Crippen molar-refractivity contribution >= 4 is 11.6 Å². The van der Waals surface area contributed by atoms with Gasteiger partial charge in [-0.2, -0.15) is 0 Å². The second-order valence-corrected chi connectivity index (χ2v) is 5.15. The van der Waals surface area contributed by atoms with E-state index in [1.807, 2.05) is 13.0 Å². The fourth-order valence-electron chi connectivity index (χ4n) is 1.69. The highest BCUT2D eigenvalue weighted by molar-refractivity contribution is 5.89. The molecule has 0 aromatic heterocycles. The van der Waals surface area contributed by atoms with Gasteiger partial charge in [-0.1, -0.05) is 53.0 Å². The number of carbonyl (C=O) groups is 2. The Balaban J connectivity index is 0. The third-order valence-electron chi connectivity index (χ3n) is 2.84. The van der Waals surface area contributed by atoms with E-state index in [0.717, 1.165) is 44.9 Å². The Morgan fingerprint density at radius 2 is 1.40 bits per heavy atom. The van der Waals surface area contributed by atoms with Gasteiger partial charge in [0.1, 0.15) is 5.78 Å². The van der Waals surface area contributed by atoms with Gasteiger partial charge in [-0.15, -0.1) is 0 Å². The van der Waals surface area contributed by atoms with Gasteiger partial charge in [0.05, 0.1) is 0 Å². The van der Waals surface area contributed by atoms with Crippen molar-refractivity contribution in [3.63, 3.8) is 0 Å². The first-order valence-corrected chi connectivity index (χ1v) is 8.33. The van der Waals surface area contributed by atoms with Crippen LogP contribution in [0.25, 0.3) is 0 Å². The van der Waals surface area contributed by atoms with E-state index in [0.29, 0.717) is 12.2 Å². The van der Waals surface area contributed by atoms with Gasteiger partial charge in [-0.25, -0.2) is 0 Å². The topological polar surface area (TPSA) is 34.1 Å². The molecule has 0 radical (unpaired) electrons. The molecule has 0 aromatic rings. The SMILES string of the molecule is CCC/C=C/C(=O)CCC.CCCCCC(=O)CCC. The summed E-state index contributed by atoms with van der Waals surface area (Å²) in [5.41, 5.74) is 0. The molecule has 0 heterocycles. The lowest BCUT2D eigenvalue weighted by Crippen LogP contribution is -1.95. The van der Waals surface area contributed by atoms with Crippen molar-refractivity contribution in [2.24, 2.45) is 0 Å². The van der Waals surface area contributed by atoms with Gasteiger partial charge >= 0.3 is 0 Å². The Morgan fingerprint density at radius 3 is 1.90 bits per heavy atom. The molecule has 2 nitrogen and oxygen atoms in total. The van der Waals surface area contributed by atoms with Crippen molar-refractivity contribution in [1.82, 2.24) is 0 Å². The monoisotopic (exact) mass is 282 g/mol. The fraction of sp³-hybridized carbons (Fsp3) is 0.778. The van der Waals surface area contributed by atoms with E-state index in [1.54, 1.807) is 6.08 Å². The van der Waals surface area contributed by atoms with Crippen LogP contribution in [0, 0.1) is 0 Å². The zero-order chi connectivity index (χ0) is 15.6. The first-order chi connectivity index (χ1) is 9.62. The van der Waals surface area contributed by atoms with Crippen molar-refractivity contribution in [3.8, 4) is 0 Å². The normalized spacial score (nSPS) is 10.2. The lowest BCUT2D eigenvalue weighted by Gasteiger charge is -1.96. The van der Waals surface area contributed by atoms with Crippen LogP contribution in [-0.4, -0.2) is 11.6 Å². The van der Waals surface area contributed by atoms with Crippen LogP contribution in [0.4, 0.5) is 0 Å². The lowest BCUT2D eigenvalue weighted by atomic mass is 10.1. The van der Waals surface area contributed by atoms with Crippen LogP contribution in [-0.2, 0) is 9.59 Å². The molecule has 0 atom stereocenters. The average Bonchev–Trinajstić information content (AvgIpc) is 2.41. The predicted octanol–water partition coefficient (Wildman–Crippen LogP) is 5.65. The van der Waals surface area contributed by atoms with Gasteiger partial charge in [0.2, 0.25) is 0 Å².